The van der Waals surface area contributed by atoms with Crippen LogP contribution in [0.15, 0.2) is 11.6 Å². The Bertz CT molecular complexity index is 336. The van der Waals surface area contributed by atoms with Gasteiger partial charge in [0.25, 0.3) is 0 Å². The van der Waals surface area contributed by atoms with Gasteiger partial charge in [0.15, 0.2) is 0 Å². The molecule has 21 heavy (non-hydrogen) atoms. The third kappa shape index (κ3) is 4.08. The minimum Gasteiger partial charge on any atom is -0.379 e. The highest BCUT2D eigenvalue weighted by Gasteiger charge is 2.40. The van der Waals surface area contributed by atoms with Gasteiger partial charge in [0.05, 0.1) is 13.2 Å². The summed E-state index contributed by atoms with van der Waals surface area (Å²) in [6.45, 7) is 12.1. The maximum absolute atomic E-state index is 5.57. The van der Waals surface area contributed by atoms with Gasteiger partial charge in [0.2, 0.25) is 0 Å². The van der Waals surface area contributed by atoms with Crippen LogP contribution in [-0.2, 0) is 4.74 Å². The Morgan fingerprint density at radius 1 is 1.29 bits per heavy atom. The topological polar surface area (TPSA) is 24.5 Å². The van der Waals surface area contributed by atoms with E-state index in [1.165, 1.54) is 38.5 Å². The summed E-state index contributed by atoms with van der Waals surface area (Å²) in [5, 5.41) is 3.88. The summed E-state index contributed by atoms with van der Waals surface area (Å²) >= 11 is 0. The van der Waals surface area contributed by atoms with Crippen molar-refractivity contribution in [2.45, 2.75) is 70.9 Å². The van der Waals surface area contributed by atoms with Crippen molar-refractivity contribution in [3.63, 3.8) is 0 Å². The molecule has 3 heteroatoms. The maximum Gasteiger partial charge on any atom is 0.0594 e. The standard InChI is InChI=1S/C18H34N2O/c1-4-11-19-17(16-9-7-6-8-10-16)18(3,5-2)20-12-14-21-15-13-20/h9,17,19H,4-8,10-15H2,1-3H3. The fourth-order valence-electron chi connectivity index (χ4n) is 3.85. The first-order valence-electron chi connectivity index (χ1n) is 8.97. The van der Waals surface area contributed by atoms with Crippen LogP contribution in [-0.4, -0.2) is 49.3 Å². The lowest BCUT2D eigenvalue weighted by Crippen LogP contribution is -2.62. The molecule has 1 fully saturated rings. The SMILES string of the molecule is CCCNC(C1=CCCCC1)C(C)(CC)N1CCOCC1. The van der Waals surface area contributed by atoms with Crippen LogP contribution in [0, 0.1) is 0 Å². The Morgan fingerprint density at radius 3 is 2.62 bits per heavy atom. The Labute approximate surface area is 131 Å². The molecule has 0 aromatic carbocycles. The van der Waals surface area contributed by atoms with Gasteiger partial charge in [-0.3, -0.25) is 4.90 Å². The van der Waals surface area contributed by atoms with Crippen LogP contribution in [0.2, 0.25) is 0 Å². The summed E-state index contributed by atoms with van der Waals surface area (Å²) in [5.41, 5.74) is 1.87. The molecule has 2 aliphatic rings. The van der Waals surface area contributed by atoms with Crippen LogP contribution in [0.1, 0.15) is 59.3 Å². The van der Waals surface area contributed by atoms with Crippen molar-refractivity contribution in [3.8, 4) is 0 Å². The average molecular weight is 294 g/mol. The largest absolute Gasteiger partial charge is 0.379 e. The molecule has 0 radical (unpaired) electrons. The van der Waals surface area contributed by atoms with E-state index in [0.29, 0.717) is 6.04 Å². The Balaban J connectivity index is 2.19. The van der Waals surface area contributed by atoms with Gasteiger partial charge >= 0.3 is 0 Å². The fourth-order valence-corrected chi connectivity index (χ4v) is 3.85. The van der Waals surface area contributed by atoms with Crippen molar-refractivity contribution in [2.75, 3.05) is 32.8 Å². The summed E-state index contributed by atoms with van der Waals surface area (Å²) in [5.74, 6) is 0. The molecule has 1 aliphatic carbocycles. The molecule has 1 N–H and O–H groups in total. The number of ether oxygens (including phenoxy) is 1. The molecule has 3 nitrogen and oxygen atoms in total. The predicted molar refractivity (Wildman–Crippen MR) is 89.7 cm³/mol. The highest BCUT2D eigenvalue weighted by molar-refractivity contribution is 5.20. The van der Waals surface area contributed by atoms with Gasteiger partial charge in [-0.2, -0.15) is 0 Å². The van der Waals surface area contributed by atoms with E-state index >= 15 is 0 Å². The van der Waals surface area contributed by atoms with Crippen molar-refractivity contribution >= 4 is 0 Å². The van der Waals surface area contributed by atoms with E-state index in [0.717, 1.165) is 32.8 Å². The Kier molecular flexibility index (Phi) is 6.72. The molecule has 0 amide bonds. The smallest absolute Gasteiger partial charge is 0.0594 e. The zero-order valence-electron chi connectivity index (χ0n) is 14.3. The Morgan fingerprint density at radius 2 is 2.05 bits per heavy atom. The minimum absolute atomic E-state index is 0.210. The van der Waals surface area contributed by atoms with Crippen LogP contribution in [0.5, 0.6) is 0 Å². The zero-order chi connectivity index (χ0) is 15.1. The Hall–Kier alpha value is -0.380. The number of morpholine rings is 1. The maximum atomic E-state index is 5.57. The lowest BCUT2D eigenvalue weighted by molar-refractivity contribution is -0.0280. The molecule has 0 aromatic heterocycles. The number of hydrogen-bond donors (Lipinski definition) is 1. The van der Waals surface area contributed by atoms with Crippen molar-refractivity contribution < 1.29 is 4.74 Å². The second kappa shape index (κ2) is 8.30. The first kappa shape index (κ1) is 17.0. The summed E-state index contributed by atoms with van der Waals surface area (Å²) in [6, 6.07) is 0.501. The monoisotopic (exact) mass is 294 g/mol. The molecule has 0 aromatic rings. The van der Waals surface area contributed by atoms with E-state index in [9.17, 15) is 0 Å². The summed E-state index contributed by atoms with van der Waals surface area (Å²) in [4.78, 5) is 2.67. The van der Waals surface area contributed by atoms with Gasteiger partial charge < -0.3 is 10.1 Å². The molecular weight excluding hydrogens is 260 g/mol. The van der Waals surface area contributed by atoms with Crippen molar-refractivity contribution in [2.24, 2.45) is 0 Å². The van der Waals surface area contributed by atoms with Gasteiger partial charge in [0, 0.05) is 24.7 Å². The van der Waals surface area contributed by atoms with Gasteiger partial charge in [0.1, 0.15) is 0 Å². The quantitative estimate of drug-likeness (QED) is 0.729. The molecular formula is C18H34N2O. The highest BCUT2D eigenvalue weighted by Crippen LogP contribution is 2.33. The van der Waals surface area contributed by atoms with Crippen molar-refractivity contribution in [3.05, 3.63) is 11.6 Å². The second-order valence-corrected chi connectivity index (χ2v) is 6.72. The lowest BCUT2D eigenvalue weighted by atomic mass is 9.79. The van der Waals surface area contributed by atoms with Crippen LogP contribution in [0.3, 0.4) is 0 Å². The van der Waals surface area contributed by atoms with E-state index in [2.05, 4.69) is 37.1 Å². The van der Waals surface area contributed by atoms with E-state index in [4.69, 9.17) is 4.74 Å². The van der Waals surface area contributed by atoms with Gasteiger partial charge in [-0.25, -0.2) is 0 Å². The summed E-state index contributed by atoms with van der Waals surface area (Å²) in [7, 11) is 0. The van der Waals surface area contributed by atoms with Crippen LogP contribution in [0.4, 0.5) is 0 Å². The van der Waals surface area contributed by atoms with E-state index < -0.39 is 0 Å². The number of allylic oxidation sites excluding steroid dienone is 1. The molecule has 1 aliphatic heterocycles. The lowest BCUT2D eigenvalue weighted by Gasteiger charge is -2.49. The van der Waals surface area contributed by atoms with E-state index in [1.54, 1.807) is 5.57 Å². The van der Waals surface area contributed by atoms with Crippen molar-refractivity contribution in [1.29, 1.82) is 0 Å². The zero-order valence-corrected chi connectivity index (χ0v) is 14.3. The molecule has 1 saturated heterocycles. The summed E-state index contributed by atoms with van der Waals surface area (Å²) in [6.07, 6.45) is 10.2. The molecule has 2 rings (SSSR count). The number of hydrogen-bond acceptors (Lipinski definition) is 3. The third-order valence-electron chi connectivity index (χ3n) is 5.37. The summed E-state index contributed by atoms with van der Waals surface area (Å²) < 4.78 is 5.57. The second-order valence-electron chi connectivity index (χ2n) is 6.72. The molecule has 1 heterocycles. The average Bonchev–Trinajstić information content (AvgIpc) is 2.56. The molecule has 2 atom stereocenters. The van der Waals surface area contributed by atoms with Crippen LogP contribution >= 0.6 is 0 Å². The van der Waals surface area contributed by atoms with Gasteiger partial charge in [-0.05, 0) is 52.0 Å². The van der Waals surface area contributed by atoms with Crippen LogP contribution in [0.25, 0.3) is 0 Å². The van der Waals surface area contributed by atoms with Crippen molar-refractivity contribution in [1.82, 2.24) is 10.2 Å². The van der Waals surface area contributed by atoms with E-state index in [-0.39, 0.29) is 5.54 Å². The molecule has 122 valence electrons. The fraction of sp³-hybridized carbons (Fsp3) is 0.889. The predicted octanol–water partition coefficient (Wildman–Crippen LogP) is 3.36. The van der Waals surface area contributed by atoms with E-state index in [1.807, 2.05) is 0 Å². The molecule has 2 unspecified atom stereocenters. The normalized spacial score (nSPS) is 25.2. The van der Waals surface area contributed by atoms with Crippen LogP contribution < -0.4 is 5.32 Å². The first-order valence-corrected chi connectivity index (χ1v) is 8.97. The number of nitrogens with one attached hydrogen (secondary N) is 1. The minimum atomic E-state index is 0.210. The molecule has 0 saturated carbocycles. The van der Waals surface area contributed by atoms with Gasteiger partial charge in [-0.15, -0.1) is 0 Å². The number of rotatable bonds is 7. The first-order chi connectivity index (χ1) is 10.2. The van der Waals surface area contributed by atoms with Gasteiger partial charge in [-0.1, -0.05) is 25.5 Å². The number of nitrogens with zero attached hydrogens (tertiary/aromatic N) is 1. The highest BCUT2D eigenvalue weighted by atomic mass is 16.5. The molecule has 0 spiro atoms. The third-order valence-corrected chi connectivity index (χ3v) is 5.37. The molecule has 0 bridgehead atoms.